The van der Waals surface area contributed by atoms with Crippen molar-refractivity contribution in [3.05, 3.63) is 102 Å². The van der Waals surface area contributed by atoms with Gasteiger partial charge in [0.05, 0.1) is 12.6 Å². The lowest BCUT2D eigenvalue weighted by Gasteiger charge is -2.17. The Morgan fingerprint density at radius 1 is 0.938 bits per heavy atom. The monoisotopic (exact) mass is 426 g/mol. The predicted octanol–water partition coefficient (Wildman–Crippen LogP) is 5.70. The molecule has 1 aromatic heterocycles. The number of carbonyl (C=O) groups excluding carboxylic acids is 1. The van der Waals surface area contributed by atoms with Gasteiger partial charge in [0.15, 0.2) is 11.5 Å². The molecule has 32 heavy (non-hydrogen) atoms. The number of nitrogens with zero attached hydrogens (tertiary/aromatic N) is 1. The first-order valence-electron chi connectivity index (χ1n) is 10.7. The number of pyridine rings is 1. The number of benzene rings is 3. The van der Waals surface area contributed by atoms with Gasteiger partial charge in [0.1, 0.15) is 6.61 Å². The minimum absolute atomic E-state index is 0.135. The van der Waals surface area contributed by atoms with Crippen molar-refractivity contribution in [2.24, 2.45) is 0 Å². The first kappa shape index (κ1) is 21.4. The highest BCUT2D eigenvalue weighted by atomic mass is 16.5. The van der Waals surface area contributed by atoms with Crippen LogP contribution in [0.15, 0.2) is 85.2 Å². The van der Waals surface area contributed by atoms with E-state index < -0.39 is 0 Å². The Bertz CT molecular complexity index is 1210. The van der Waals surface area contributed by atoms with Gasteiger partial charge < -0.3 is 14.8 Å². The molecule has 3 aromatic carbocycles. The van der Waals surface area contributed by atoms with Crippen LogP contribution in [0, 0.1) is 0 Å². The summed E-state index contributed by atoms with van der Waals surface area (Å²) in [7, 11) is 0. The Balaban J connectivity index is 1.47. The lowest BCUT2D eigenvalue weighted by atomic mass is 10.0. The molecule has 0 saturated carbocycles. The van der Waals surface area contributed by atoms with E-state index in [4.69, 9.17) is 9.47 Å². The molecule has 5 nitrogen and oxygen atoms in total. The number of nitrogens with one attached hydrogen (secondary N) is 1. The molecule has 5 heteroatoms. The lowest BCUT2D eigenvalue weighted by Crippen LogP contribution is -2.26. The van der Waals surface area contributed by atoms with E-state index in [-0.39, 0.29) is 11.9 Å². The van der Waals surface area contributed by atoms with E-state index in [1.54, 1.807) is 30.6 Å². The molecular weight excluding hydrogens is 400 g/mol. The zero-order chi connectivity index (χ0) is 22.3. The molecule has 0 aliphatic carbocycles. The fraction of sp³-hybridized carbons (Fsp3) is 0.185. The summed E-state index contributed by atoms with van der Waals surface area (Å²) in [6, 6.07) is 23.4. The average molecular weight is 427 g/mol. The molecule has 0 saturated heterocycles. The van der Waals surface area contributed by atoms with Crippen LogP contribution in [0.2, 0.25) is 0 Å². The molecule has 1 amide bonds. The maximum absolute atomic E-state index is 12.9. The maximum Gasteiger partial charge on any atom is 0.251 e. The molecule has 1 atom stereocenters. The summed E-state index contributed by atoms with van der Waals surface area (Å²) in [5.41, 5.74) is 2.54. The smallest absolute Gasteiger partial charge is 0.251 e. The third-order valence-corrected chi connectivity index (χ3v) is 5.24. The second-order valence-electron chi connectivity index (χ2n) is 7.55. The van der Waals surface area contributed by atoms with Crippen molar-refractivity contribution in [3.63, 3.8) is 0 Å². The van der Waals surface area contributed by atoms with Gasteiger partial charge in [0.2, 0.25) is 0 Å². The summed E-state index contributed by atoms with van der Waals surface area (Å²) < 4.78 is 11.6. The van der Waals surface area contributed by atoms with E-state index in [1.807, 2.05) is 44.2 Å². The van der Waals surface area contributed by atoms with Crippen molar-refractivity contribution in [1.82, 2.24) is 10.3 Å². The Morgan fingerprint density at radius 3 is 2.56 bits per heavy atom. The number of hydrogen-bond donors (Lipinski definition) is 1. The third kappa shape index (κ3) is 5.06. The van der Waals surface area contributed by atoms with Crippen LogP contribution in [-0.4, -0.2) is 17.5 Å². The van der Waals surface area contributed by atoms with Gasteiger partial charge in [0, 0.05) is 23.5 Å². The molecule has 0 aliphatic heterocycles. The van der Waals surface area contributed by atoms with Crippen molar-refractivity contribution in [2.45, 2.75) is 26.5 Å². The Hall–Kier alpha value is -3.86. The Morgan fingerprint density at radius 2 is 1.78 bits per heavy atom. The van der Waals surface area contributed by atoms with Crippen LogP contribution < -0.4 is 14.8 Å². The molecule has 1 heterocycles. The van der Waals surface area contributed by atoms with Crippen LogP contribution in [-0.2, 0) is 6.61 Å². The predicted molar refractivity (Wildman–Crippen MR) is 126 cm³/mol. The van der Waals surface area contributed by atoms with Gasteiger partial charge in [-0.3, -0.25) is 9.78 Å². The van der Waals surface area contributed by atoms with Gasteiger partial charge in [-0.2, -0.15) is 0 Å². The minimum Gasteiger partial charge on any atom is -0.490 e. The first-order valence-corrected chi connectivity index (χ1v) is 10.7. The van der Waals surface area contributed by atoms with Gasteiger partial charge in [-0.05, 0) is 60.5 Å². The highest BCUT2D eigenvalue weighted by Gasteiger charge is 2.15. The second kappa shape index (κ2) is 9.96. The number of fused-ring (bicyclic) bond motifs is 1. The van der Waals surface area contributed by atoms with Gasteiger partial charge in [-0.25, -0.2) is 0 Å². The number of amides is 1. The van der Waals surface area contributed by atoms with Gasteiger partial charge in [-0.1, -0.05) is 42.5 Å². The lowest BCUT2D eigenvalue weighted by molar-refractivity contribution is 0.0939. The molecule has 1 N–H and O–H groups in total. The van der Waals surface area contributed by atoms with Crippen LogP contribution in [0.3, 0.4) is 0 Å². The first-order chi connectivity index (χ1) is 15.6. The quantitative estimate of drug-likeness (QED) is 0.392. The molecule has 1 unspecified atom stereocenters. The molecular formula is C27H26N2O3. The number of ether oxygens (including phenoxy) is 2. The standard InChI is InChI=1S/C27H26N2O3/c1-3-31-26-16-24(12-13-25(26)32-18-20-7-6-14-28-17-20)27(30)29-19(2)22-11-10-21-8-4-5-9-23(21)15-22/h4-17,19H,3,18H2,1-2H3,(H,29,30). The van der Waals surface area contributed by atoms with E-state index in [9.17, 15) is 4.79 Å². The van der Waals surface area contributed by atoms with Crippen molar-refractivity contribution < 1.29 is 14.3 Å². The van der Waals surface area contributed by atoms with Crippen molar-refractivity contribution in [1.29, 1.82) is 0 Å². The molecule has 162 valence electrons. The highest BCUT2D eigenvalue weighted by molar-refractivity contribution is 5.95. The molecule has 0 radical (unpaired) electrons. The van der Waals surface area contributed by atoms with Gasteiger partial charge >= 0.3 is 0 Å². The Labute approximate surface area is 188 Å². The van der Waals surface area contributed by atoms with Crippen molar-refractivity contribution in [2.75, 3.05) is 6.61 Å². The summed E-state index contributed by atoms with van der Waals surface area (Å²) in [6.07, 6.45) is 3.48. The van der Waals surface area contributed by atoms with Crippen LogP contribution in [0.1, 0.15) is 41.4 Å². The maximum atomic E-state index is 12.9. The number of hydrogen-bond acceptors (Lipinski definition) is 4. The topological polar surface area (TPSA) is 60.5 Å². The largest absolute Gasteiger partial charge is 0.490 e. The summed E-state index contributed by atoms with van der Waals surface area (Å²) in [6.45, 7) is 4.73. The normalized spacial score (nSPS) is 11.7. The minimum atomic E-state index is -0.162. The summed E-state index contributed by atoms with van der Waals surface area (Å²) in [4.78, 5) is 17.0. The number of rotatable bonds is 8. The molecule has 0 spiro atoms. The number of carbonyl (C=O) groups is 1. The summed E-state index contributed by atoms with van der Waals surface area (Å²) in [5.74, 6) is 0.975. The molecule has 0 aliphatic rings. The average Bonchev–Trinajstić information content (AvgIpc) is 2.83. The van der Waals surface area contributed by atoms with Crippen molar-refractivity contribution in [3.8, 4) is 11.5 Å². The molecule has 0 fully saturated rings. The van der Waals surface area contributed by atoms with Crippen LogP contribution >= 0.6 is 0 Å². The van der Waals surface area contributed by atoms with E-state index in [2.05, 4.69) is 34.6 Å². The molecule has 4 aromatic rings. The fourth-order valence-electron chi connectivity index (χ4n) is 3.52. The van der Waals surface area contributed by atoms with E-state index in [0.717, 1.165) is 16.5 Å². The zero-order valence-corrected chi connectivity index (χ0v) is 18.2. The van der Waals surface area contributed by atoms with Gasteiger partial charge in [0.25, 0.3) is 5.91 Å². The van der Waals surface area contributed by atoms with Crippen LogP contribution in [0.25, 0.3) is 10.8 Å². The zero-order valence-electron chi connectivity index (χ0n) is 18.2. The summed E-state index contributed by atoms with van der Waals surface area (Å²) in [5, 5.41) is 5.41. The number of aromatic nitrogens is 1. The molecule has 4 rings (SSSR count). The second-order valence-corrected chi connectivity index (χ2v) is 7.55. The highest BCUT2D eigenvalue weighted by Crippen LogP contribution is 2.30. The SMILES string of the molecule is CCOc1cc(C(=O)NC(C)c2ccc3ccccc3c2)ccc1OCc1cccnc1. The van der Waals surface area contributed by atoms with Crippen LogP contribution in [0.4, 0.5) is 0 Å². The Kier molecular flexibility index (Phi) is 6.66. The fourth-order valence-corrected chi connectivity index (χ4v) is 3.52. The van der Waals surface area contributed by atoms with E-state index in [0.29, 0.717) is 30.3 Å². The van der Waals surface area contributed by atoms with E-state index in [1.165, 1.54) is 5.39 Å². The molecule has 0 bridgehead atoms. The summed E-state index contributed by atoms with van der Waals surface area (Å²) >= 11 is 0. The van der Waals surface area contributed by atoms with E-state index >= 15 is 0 Å². The van der Waals surface area contributed by atoms with Crippen molar-refractivity contribution >= 4 is 16.7 Å². The van der Waals surface area contributed by atoms with Gasteiger partial charge in [-0.15, -0.1) is 0 Å². The third-order valence-electron chi connectivity index (χ3n) is 5.24. The van der Waals surface area contributed by atoms with Crippen LogP contribution in [0.5, 0.6) is 11.5 Å².